The number of unbranched alkanes of at least 4 members (excludes halogenated alkanes) is 1. The first kappa shape index (κ1) is 28.3. The van der Waals surface area contributed by atoms with Crippen molar-refractivity contribution in [2.45, 2.75) is 77.0 Å². The summed E-state index contributed by atoms with van der Waals surface area (Å²) in [6, 6.07) is -4.70. The Bertz CT molecular complexity index is 641. The second kappa shape index (κ2) is 14.3. The largest absolute Gasteiger partial charge is 0.481 e. The normalized spacial score (nSPS) is 14.8. The van der Waals surface area contributed by atoms with Gasteiger partial charge in [-0.3, -0.25) is 24.0 Å². The molecule has 0 aromatic rings. The van der Waals surface area contributed by atoms with Gasteiger partial charge in [-0.2, -0.15) is 0 Å². The minimum Gasteiger partial charge on any atom is -0.481 e. The van der Waals surface area contributed by atoms with Gasteiger partial charge in [0.25, 0.3) is 0 Å². The Morgan fingerprint density at radius 2 is 1.39 bits per heavy atom. The molecule has 4 unspecified atom stereocenters. The average molecular weight is 446 g/mol. The zero-order chi connectivity index (χ0) is 24.1. The Kier molecular flexibility index (Phi) is 13.0. The summed E-state index contributed by atoms with van der Waals surface area (Å²) in [7, 11) is 0. The summed E-state index contributed by atoms with van der Waals surface area (Å²) < 4.78 is 0. The summed E-state index contributed by atoms with van der Waals surface area (Å²) in [4.78, 5) is 59.5. The van der Waals surface area contributed by atoms with Crippen molar-refractivity contribution in [1.29, 1.82) is 0 Å². The summed E-state index contributed by atoms with van der Waals surface area (Å²) in [5.74, 6) is -4.78. The van der Waals surface area contributed by atoms with Crippen LogP contribution in [0.5, 0.6) is 0 Å². The lowest BCUT2D eigenvalue weighted by Gasteiger charge is -2.24. The highest BCUT2D eigenvalue weighted by molar-refractivity contribution is 5.95. The number of nitrogens with one attached hydrogen (secondary N) is 3. The molecule has 0 aromatic carbocycles. The number of carboxylic acid groups (broad SMARTS) is 2. The Morgan fingerprint density at radius 3 is 1.87 bits per heavy atom. The summed E-state index contributed by atoms with van der Waals surface area (Å²) >= 11 is 0. The number of amides is 3. The predicted molar refractivity (Wildman–Crippen MR) is 112 cm³/mol. The molecule has 0 spiro atoms. The quantitative estimate of drug-likeness (QED) is 0.146. The van der Waals surface area contributed by atoms with Crippen LogP contribution in [0.15, 0.2) is 0 Å². The Labute approximate surface area is 181 Å². The average Bonchev–Trinajstić information content (AvgIpc) is 2.65. The van der Waals surface area contributed by atoms with Gasteiger partial charge in [0, 0.05) is 0 Å². The van der Waals surface area contributed by atoms with Gasteiger partial charge >= 0.3 is 11.9 Å². The van der Waals surface area contributed by atoms with E-state index in [-0.39, 0.29) is 12.3 Å². The number of carbonyl (C=O) groups excluding carboxylic acids is 3. The lowest BCUT2D eigenvalue weighted by molar-refractivity contribution is -0.143. The number of nitrogens with two attached hydrogens (primary N) is 2. The maximum Gasteiger partial charge on any atom is 0.325 e. The van der Waals surface area contributed by atoms with Crippen molar-refractivity contribution in [3.8, 4) is 0 Å². The molecular weight excluding hydrogens is 410 g/mol. The van der Waals surface area contributed by atoms with E-state index in [9.17, 15) is 24.0 Å². The zero-order valence-corrected chi connectivity index (χ0v) is 18.2. The van der Waals surface area contributed by atoms with E-state index in [2.05, 4.69) is 16.0 Å². The molecule has 12 nitrogen and oxygen atoms in total. The van der Waals surface area contributed by atoms with Gasteiger partial charge in [-0.1, -0.05) is 13.8 Å². The highest BCUT2D eigenvalue weighted by atomic mass is 16.4. The molecule has 0 aliphatic carbocycles. The van der Waals surface area contributed by atoms with Crippen LogP contribution in [0, 0.1) is 5.92 Å². The van der Waals surface area contributed by atoms with Crippen LogP contribution in [0.2, 0.25) is 0 Å². The topological polar surface area (TPSA) is 214 Å². The van der Waals surface area contributed by atoms with E-state index in [0.29, 0.717) is 25.8 Å². The first-order chi connectivity index (χ1) is 14.4. The smallest absolute Gasteiger partial charge is 0.325 e. The molecule has 0 aliphatic heterocycles. The third-order valence-electron chi connectivity index (χ3n) is 4.38. The first-order valence-corrected chi connectivity index (χ1v) is 10.2. The van der Waals surface area contributed by atoms with Crippen LogP contribution in [-0.4, -0.2) is 70.6 Å². The number of aliphatic carboxylic acids is 2. The van der Waals surface area contributed by atoms with Crippen molar-refractivity contribution in [1.82, 2.24) is 16.0 Å². The van der Waals surface area contributed by atoms with Crippen LogP contribution < -0.4 is 27.4 Å². The van der Waals surface area contributed by atoms with E-state index in [1.54, 1.807) is 0 Å². The van der Waals surface area contributed by atoms with Gasteiger partial charge in [0.2, 0.25) is 17.7 Å². The van der Waals surface area contributed by atoms with Gasteiger partial charge in [0.05, 0.1) is 12.5 Å². The molecule has 0 heterocycles. The molecule has 12 heteroatoms. The molecule has 0 radical (unpaired) electrons. The molecule has 4 atom stereocenters. The van der Waals surface area contributed by atoms with Crippen LogP contribution >= 0.6 is 0 Å². The Morgan fingerprint density at radius 1 is 0.839 bits per heavy atom. The fourth-order valence-corrected chi connectivity index (χ4v) is 2.69. The highest BCUT2D eigenvalue weighted by Crippen LogP contribution is 2.06. The van der Waals surface area contributed by atoms with E-state index in [1.165, 1.54) is 6.92 Å². The minimum absolute atomic E-state index is 0.111. The molecule has 31 heavy (non-hydrogen) atoms. The number of carboxylic acids is 2. The van der Waals surface area contributed by atoms with Crippen LogP contribution in [0.1, 0.15) is 52.9 Å². The SMILES string of the molecule is CC(C)CC(N)C(=O)NC(CC(=O)O)C(=O)NC(CCCCN)C(=O)NC(C)C(=O)O. The van der Waals surface area contributed by atoms with Crippen molar-refractivity contribution in [2.24, 2.45) is 17.4 Å². The molecule has 0 aliphatic rings. The van der Waals surface area contributed by atoms with E-state index < -0.39 is 60.2 Å². The molecule has 0 bridgehead atoms. The number of carbonyl (C=O) groups is 5. The Balaban J connectivity index is 5.35. The fourth-order valence-electron chi connectivity index (χ4n) is 2.69. The lowest BCUT2D eigenvalue weighted by atomic mass is 10.0. The maximum absolute atomic E-state index is 12.7. The van der Waals surface area contributed by atoms with E-state index in [4.69, 9.17) is 21.7 Å². The fraction of sp³-hybridized carbons (Fsp3) is 0.737. The molecule has 0 saturated heterocycles. The molecule has 3 amide bonds. The van der Waals surface area contributed by atoms with E-state index in [1.807, 2.05) is 13.8 Å². The molecule has 0 rings (SSSR count). The van der Waals surface area contributed by atoms with Gasteiger partial charge in [-0.15, -0.1) is 0 Å². The third kappa shape index (κ3) is 11.9. The maximum atomic E-state index is 12.7. The summed E-state index contributed by atoms with van der Waals surface area (Å²) in [5, 5.41) is 25.1. The summed E-state index contributed by atoms with van der Waals surface area (Å²) in [6.07, 6.45) is 0.805. The predicted octanol–water partition coefficient (Wildman–Crippen LogP) is -1.48. The number of hydrogen-bond donors (Lipinski definition) is 7. The van der Waals surface area contributed by atoms with Crippen molar-refractivity contribution < 1.29 is 34.2 Å². The van der Waals surface area contributed by atoms with Crippen LogP contribution in [0.25, 0.3) is 0 Å². The standard InChI is InChI=1S/C19H35N5O7/c1-10(2)8-12(21)16(27)24-14(9-15(25)26)18(29)23-13(6-4-5-7-20)17(28)22-11(3)19(30)31/h10-14H,4-9,20-21H2,1-3H3,(H,22,28)(H,23,29)(H,24,27)(H,25,26)(H,30,31). The van der Waals surface area contributed by atoms with E-state index in [0.717, 1.165) is 0 Å². The second-order valence-corrected chi connectivity index (χ2v) is 7.81. The summed E-state index contributed by atoms with van der Waals surface area (Å²) in [5.41, 5.74) is 11.2. The van der Waals surface area contributed by atoms with Crippen molar-refractivity contribution in [3.05, 3.63) is 0 Å². The van der Waals surface area contributed by atoms with Crippen LogP contribution in [0.4, 0.5) is 0 Å². The zero-order valence-electron chi connectivity index (χ0n) is 18.2. The number of rotatable bonds is 15. The lowest BCUT2D eigenvalue weighted by Crippen LogP contribution is -2.57. The van der Waals surface area contributed by atoms with E-state index >= 15 is 0 Å². The van der Waals surface area contributed by atoms with Crippen molar-refractivity contribution >= 4 is 29.7 Å². The monoisotopic (exact) mass is 445 g/mol. The molecule has 0 fully saturated rings. The van der Waals surface area contributed by atoms with Crippen molar-refractivity contribution in [2.75, 3.05) is 6.54 Å². The molecular formula is C19H35N5O7. The minimum atomic E-state index is -1.45. The van der Waals surface area contributed by atoms with Crippen molar-refractivity contribution in [3.63, 3.8) is 0 Å². The van der Waals surface area contributed by atoms with Gasteiger partial charge in [0.1, 0.15) is 18.1 Å². The molecule has 0 saturated carbocycles. The van der Waals surface area contributed by atoms with Gasteiger partial charge in [-0.05, 0) is 45.1 Å². The summed E-state index contributed by atoms with van der Waals surface area (Å²) in [6.45, 7) is 5.34. The molecule has 0 aromatic heterocycles. The number of hydrogen-bond acceptors (Lipinski definition) is 7. The van der Waals surface area contributed by atoms with Crippen LogP contribution in [0.3, 0.4) is 0 Å². The van der Waals surface area contributed by atoms with Gasteiger partial charge in [0.15, 0.2) is 0 Å². The second-order valence-electron chi connectivity index (χ2n) is 7.81. The van der Waals surface area contributed by atoms with Gasteiger partial charge < -0.3 is 37.6 Å². The van der Waals surface area contributed by atoms with Crippen LogP contribution in [-0.2, 0) is 24.0 Å². The Hall–Kier alpha value is -2.73. The highest BCUT2D eigenvalue weighted by Gasteiger charge is 2.30. The molecule has 178 valence electrons. The van der Waals surface area contributed by atoms with Gasteiger partial charge in [-0.25, -0.2) is 0 Å². The molecule has 9 N–H and O–H groups in total. The third-order valence-corrected chi connectivity index (χ3v) is 4.38. The first-order valence-electron chi connectivity index (χ1n) is 10.2.